The maximum Gasteiger partial charge on any atom is 0.124 e. The zero-order valence-corrected chi connectivity index (χ0v) is 12.0. The van der Waals surface area contributed by atoms with Gasteiger partial charge in [-0.2, -0.15) is 0 Å². The molecule has 0 bridgehead atoms. The van der Waals surface area contributed by atoms with Crippen LogP contribution in [0, 0.1) is 0 Å². The molecule has 2 rings (SSSR count). The van der Waals surface area contributed by atoms with E-state index in [2.05, 4.69) is 26.2 Å². The smallest absolute Gasteiger partial charge is 0.124 e. The highest BCUT2D eigenvalue weighted by molar-refractivity contribution is 9.10. The molecule has 0 aliphatic carbocycles. The molecule has 0 saturated heterocycles. The lowest BCUT2D eigenvalue weighted by atomic mass is 10.2. The molecule has 0 radical (unpaired) electrons. The van der Waals surface area contributed by atoms with Crippen LogP contribution in [0.5, 0.6) is 5.75 Å². The number of aliphatic imine (C=N–C) groups is 1. The molecular formula is C15H15BrN2O. The summed E-state index contributed by atoms with van der Waals surface area (Å²) < 4.78 is 0.925. The molecule has 0 fully saturated rings. The van der Waals surface area contributed by atoms with E-state index in [-0.39, 0.29) is 5.75 Å². The first kappa shape index (κ1) is 13.6. The van der Waals surface area contributed by atoms with E-state index in [4.69, 9.17) is 0 Å². The van der Waals surface area contributed by atoms with Crippen molar-refractivity contribution in [2.24, 2.45) is 4.99 Å². The second-order valence-electron chi connectivity index (χ2n) is 4.03. The molecular weight excluding hydrogens is 304 g/mol. The topological polar surface area (TPSA) is 44.6 Å². The largest absolute Gasteiger partial charge is 0.507 e. The van der Waals surface area contributed by atoms with Crippen LogP contribution in [0.15, 0.2) is 58.0 Å². The first-order valence-corrected chi connectivity index (χ1v) is 6.82. The molecule has 19 heavy (non-hydrogen) atoms. The highest BCUT2D eigenvalue weighted by Crippen LogP contribution is 2.19. The second kappa shape index (κ2) is 6.95. The van der Waals surface area contributed by atoms with Gasteiger partial charge in [0.25, 0.3) is 0 Å². The van der Waals surface area contributed by atoms with Crippen LogP contribution in [-0.2, 0) is 0 Å². The number of halogens is 1. The van der Waals surface area contributed by atoms with Crippen LogP contribution in [-0.4, -0.2) is 24.4 Å². The van der Waals surface area contributed by atoms with E-state index >= 15 is 0 Å². The predicted molar refractivity (Wildman–Crippen MR) is 83.2 cm³/mol. The average molecular weight is 319 g/mol. The van der Waals surface area contributed by atoms with Gasteiger partial charge in [0.15, 0.2) is 0 Å². The van der Waals surface area contributed by atoms with Crippen molar-refractivity contribution in [2.75, 3.05) is 18.4 Å². The summed E-state index contributed by atoms with van der Waals surface area (Å²) in [6.07, 6.45) is 1.69. The first-order valence-electron chi connectivity index (χ1n) is 6.03. The lowest BCUT2D eigenvalue weighted by Gasteiger charge is -2.03. The fraction of sp³-hybridized carbons (Fsp3) is 0.133. The van der Waals surface area contributed by atoms with Gasteiger partial charge in [-0.25, -0.2) is 0 Å². The minimum atomic E-state index is 0.239. The van der Waals surface area contributed by atoms with Crippen molar-refractivity contribution in [3.8, 4) is 5.75 Å². The molecule has 0 amide bonds. The fourth-order valence-corrected chi connectivity index (χ4v) is 1.99. The summed E-state index contributed by atoms with van der Waals surface area (Å²) in [4.78, 5) is 4.29. The van der Waals surface area contributed by atoms with Gasteiger partial charge >= 0.3 is 0 Å². The Kier molecular flexibility index (Phi) is 4.98. The quantitative estimate of drug-likeness (QED) is 0.652. The molecule has 0 aromatic heterocycles. The molecule has 0 heterocycles. The molecule has 4 heteroatoms. The molecule has 2 aromatic carbocycles. The van der Waals surface area contributed by atoms with E-state index in [9.17, 15) is 5.11 Å². The number of anilines is 1. The van der Waals surface area contributed by atoms with E-state index in [1.807, 2.05) is 36.4 Å². The maximum atomic E-state index is 9.64. The Morgan fingerprint density at radius 2 is 1.95 bits per heavy atom. The van der Waals surface area contributed by atoms with Gasteiger partial charge in [-0.1, -0.05) is 34.1 Å². The second-order valence-corrected chi connectivity index (χ2v) is 4.95. The SMILES string of the molecule is Oc1ccc(Br)cc1C=NCCNc1ccccc1. The Morgan fingerprint density at radius 1 is 1.16 bits per heavy atom. The minimum absolute atomic E-state index is 0.239. The number of rotatable bonds is 5. The van der Waals surface area contributed by atoms with Gasteiger partial charge in [0, 0.05) is 28.5 Å². The Hall–Kier alpha value is -1.81. The zero-order valence-electron chi connectivity index (χ0n) is 10.4. The number of phenols is 1. The van der Waals surface area contributed by atoms with Gasteiger partial charge in [-0.3, -0.25) is 4.99 Å². The first-order chi connectivity index (χ1) is 9.25. The van der Waals surface area contributed by atoms with E-state index in [0.717, 1.165) is 16.7 Å². The Labute approximate surface area is 121 Å². The minimum Gasteiger partial charge on any atom is -0.507 e. The van der Waals surface area contributed by atoms with Crippen LogP contribution in [0.25, 0.3) is 0 Å². The van der Waals surface area contributed by atoms with Gasteiger partial charge < -0.3 is 10.4 Å². The van der Waals surface area contributed by atoms with E-state index in [0.29, 0.717) is 12.1 Å². The summed E-state index contributed by atoms with van der Waals surface area (Å²) in [5, 5.41) is 12.9. The molecule has 0 aliphatic rings. The highest BCUT2D eigenvalue weighted by atomic mass is 79.9. The highest BCUT2D eigenvalue weighted by Gasteiger charge is 1.97. The third-order valence-electron chi connectivity index (χ3n) is 2.56. The lowest BCUT2D eigenvalue weighted by molar-refractivity contribution is 0.474. The van der Waals surface area contributed by atoms with Crippen LogP contribution >= 0.6 is 15.9 Å². The lowest BCUT2D eigenvalue weighted by Crippen LogP contribution is -2.04. The summed E-state index contributed by atoms with van der Waals surface area (Å²) in [7, 11) is 0. The van der Waals surface area contributed by atoms with Crippen LogP contribution in [0.4, 0.5) is 5.69 Å². The van der Waals surface area contributed by atoms with E-state index in [1.54, 1.807) is 18.3 Å². The number of para-hydroxylation sites is 1. The fourth-order valence-electron chi connectivity index (χ4n) is 1.61. The van der Waals surface area contributed by atoms with Crippen molar-refractivity contribution < 1.29 is 5.11 Å². The van der Waals surface area contributed by atoms with Gasteiger partial charge in [0.2, 0.25) is 0 Å². The van der Waals surface area contributed by atoms with Crippen LogP contribution < -0.4 is 5.32 Å². The predicted octanol–water partition coefficient (Wildman–Crippen LogP) is 3.69. The molecule has 0 saturated carbocycles. The van der Waals surface area contributed by atoms with E-state index < -0.39 is 0 Å². The molecule has 0 unspecified atom stereocenters. The third kappa shape index (κ3) is 4.41. The average Bonchev–Trinajstić information content (AvgIpc) is 2.43. The maximum absolute atomic E-state index is 9.64. The van der Waals surface area contributed by atoms with Crippen molar-refractivity contribution in [1.82, 2.24) is 0 Å². The van der Waals surface area contributed by atoms with Gasteiger partial charge in [0.1, 0.15) is 5.75 Å². The summed E-state index contributed by atoms with van der Waals surface area (Å²) >= 11 is 3.36. The van der Waals surface area contributed by atoms with Gasteiger partial charge in [-0.05, 0) is 30.3 Å². The van der Waals surface area contributed by atoms with Crippen molar-refractivity contribution >= 4 is 27.8 Å². The third-order valence-corrected chi connectivity index (χ3v) is 3.06. The number of hydrogen-bond acceptors (Lipinski definition) is 3. The standard InChI is InChI=1S/C15H15BrN2O/c16-13-6-7-15(19)12(10-13)11-17-8-9-18-14-4-2-1-3-5-14/h1-7,10-11,18-19H,8-9H2. The molecule has 0 atom stereocenters. The van der Waals surface area contributed by atoms with Crippen LogP contribution in [0.1, 0.15) is 5.56 Å². The van der Waals surface area contributed by atoms with E-state index in [1.165, 1.54) is 0 Å². The molecule has 3 nitrogen and oxygen atoms in total. The van der Waals surface area contributed by atoms with Crippen molar-refractivity contribution in [3.63, 3.8) is 0 Å². The Morgan fingerprint density at radius 3 is 2.74 bits per heavy atom. The number of aromatic hydroxyl groups is 1. The van der Waals surface area contributed by atoms with Gasteiger partial charge in [-0.15, -0.1) is 0 Å². The Bertz CT molecular complexity index is 555. The monoisotopic (exact) mass is 318 g/mol. The molecule has 2 aromatic rings. The van der Waals surface area contributed by atoms with Crippen LogP contribution in [0.2, 0.25) is 0 Å². The number of benzene rings is 2. The van der Waals surface area contributed by atoms with Crippen molar-refractivity contribution in [2.45, 2.75) is 0 Å². The number of nitrogens with zero attached hydrogens (tertiary/aromatic N) is 1. The van der Waals surface area contributed by atoms with Crippen molar-refractivity contribution in [3.05, 3.63) is 58.6 Å². The normalized spacial score (nSPS) is 10.8. The van der Waals surface area contributed by atoms with Crippen molar-refractivity contribution in [1.29, 1.82) is 0 Å². The summed E-state index contributed by atoms with van der Waals surface area (Å²) in [5.74, 6) is 0.239. The zero-order chi connectivity index (χ0) is 13.5. The Balaban J connectivity index is 1.82. The summed E-state index contributed by atoms with van der Waals surface area (Å²) in [6.45, 7) is 1.41. The van der Waals surface area contributed by atoms with Crippen LogP contribution in [0.3, 0.4) is 0 Å². The molecule has 2 N–H and O–H groups in total. The van der Waals surface area contributed by atoms with Gasteiger partial charge in [0.05, 0.1) is 6.54 Å². The summed E-state index contributed by atoms with van der Waals surface area (Å²) in [5.41, 5.74) is 1.80. The number of phenolic OH excluding ortho intramolecular Hbond substituents is 1. The number of hydrogen-bond donors (Lipinski definition) is 2. The molecule has 0 spiro atoms. The molecule has 98 valence electrons. The molecule has 0 aliphatic heterocycles. The summed E-state index contributed by atoms with van der Waals surface area (Å²) in [6, 6.07) is 15.3. The number of nitrogens with one attached hydrogen (secondary N) is 1.